The van der Waals surface area contributed by atoms with Gasteiger partial charge in [0.15, 0.2) is 5.58 Å². The fraction of sp³-hybridized carbons (Fsp3) is 0.391. The molecule has 2 atom stereocenters. The maximum absolute atomic E-state index is 13.1. The van der Waals surface area contributed by atoms with Crippen molar-refractivity contribution in [2.75, 3.05) is 12.8 Å². The van der Waals surface area contributed by atoms with Crippen LogP contribution in [0, 0.1) is 0 Å². The van der Waals surface area contributed by atoms with Gasteiger partial charge < -0.3 is 20.4 Å². The van der Waals surface area contributed by atoms with Crippen LogP contribution < -0.4 is 11.1 Å². The van der Waals surface area contributed by atoms with Crippen LogP contribution in [0.4, 0.5) is 5.69 Å². The number of nitrogens with one attached hydrogen (secondary N) is 1. The highest BCUT2D eigenvalue weighted by molar-refractivity contribution is 6.05. The van der Waals surface area contributed by atoms with Crippen molar-refractivity contribution in [1.29, 1.82) is 0 Å². The van der Waals surface area contributed by atoms with Crippen LogP contribution in [-0.2, 0) is 0 Å². The Labute approximate surface area is 170 Å². The Balaban J connectivity index is 1.41. The molecule has 1 amide bonds. The monoisotopic (exact) mass is 390 g/mol. The van der Waals surface area contributed by atoms with E-state index in [1.807, 2.05) is 42.5 Å². The first-order chi connectivity index (χ1) is 14.1. The number of carbonyl (C=O) groups excluding carboxylic acids is 1. The number of fused-ring (bicyclic) bond motifs is 3. The molecule has 150 valence electrons. The van der Waals surface area contributed by atoms with Gasteiger partial charge in [-0.15, -0.1) is 0 Å². The highest BCUT2D eigenvalue weighted by Gasteiger charge is 2.36. The maximum atomic E-state index is 13.1. The number of amides is 1. The maximum Gasteiger partial charge on any atom is 0.253 e. The van der Waals surface area contributed by atoms with Crippen molar-refractivity contribution in [1.82, 2.24) is 15.2 Å². The molecule has 29 heavy (non-hydrogen) atoms. The van der Waals surface area contributed by atoms with Crippen LogP contribution in [0.2, 0.25) is 0 Å². The van der Waals surface area contributed by atoms with Crippen LogP contribution in [0.15, 0.2) is 46.9 Å². The summed E-state index contributed by atoms with van der Waals surface area (Å²) in [5, 5.41) is 3.26. The van der Waals surface area contributed by atoms with Crippen molar-refractivity contribution in [3.05, 3.63) is 48.0 Å². The zero-order valence-corrected chi connectivity index (χ0v) is 16.6. The molecule has 6 heteroatoms. The lowest BCUT2D eigenvalue weighted by atomic mass is 9.82. The number of nitrogens with two attached hydrogens (primary N) is 1. The molecule has 2 aliphatic heterocycles. The average molecular weight is 390 g/mol. The third kappa shape index (κ3) is 3.27. The summed E-state index contributed by atoms with van der Waals surface area (Å²) in [5.74, 6) is 0.358. The molecule has 3 heterocycles. The molecular weight excluding hydrogens is 364 g/mol. The SMILES string of the molecule is CN1C2CCCC1CC(NC(=O)c1cccc3oc(-c4ccccc4N)nc13)C2. The van der Waals surface area contributed by atoms with Crippen LogP contribution in [0.3, 0.4) is 0 Å². The van der Waals surface area contributed by atoms with Crippen LogP contribution in [0.5, 0.6) is 0 Å². The van der Waals surface area contributed by atoms with Crippen molar-refractivity contribution in [2.45, 2.75) is 50.2 Å². The molecule has 0 radical (unpaired) electrons. The van der Waals surface area contributed by atoms with Gasteiger partial charge in [0.25, 0.3) is 5.91 Å². The van der Waals surface area contributed by atoms with E-state index < -0.39 is 0 Å². The lowest BCUT2D eigenvalue weighted by Crippen LogP contribution is -2.55. The van der Waals surface area contributed by atoms with Crippen LogP contribution in [0.25, 0.3) is 22.6 Å². The number of rotatable bonds is 3. The topological polar surface area (TPSA) is 84.4 Å². The van der Waals surface area contributed by atoms with Crippen molar-refractivity contribution >= 4 is 22.7 Å². The zero-order valence-electron chi connectivity index (χ0n) is 16.6. The molecular formula is C23H26N4O2. The lowest BCUT2D eigenvalue weighted by Gasteiger charge is -2.47. The summed E-state index contributed by atoms with van der Waals surface area (Å²) in [6, 6.07) is 14.3. The third-order valence-corrected chi connectivity index (χ3v) is 6.53. The van der Waals surface area contributed by atoms with E-state index >= 15 is 0 Å². The Morgan fingerprint density at radius 2 is 1.90 bits per heavy atom. The normalized spacial score (nSPS) is 24.5. The number of hydrogen-bond donors (Lipinski definition) is 2. The van der Waals surface area contributed by atoms with Gasteiger partial charge >= 0.3 is 0 Å². The van der Waals surface area contributed by atoms with Gasteiger partial charge in [-0.2, -0.15) is 0 Å². The molecule has 2 bridgehead atoms. The summed E-state index contributed by atoms with van der Waals surface area (Å²) in [6.45, 7) is 0. The second kappa shape index (κ2) is 7.19. The first-order valence-corrected chi connectivity index (χ1v) is 10.4. The van der Waals surface area contributed by atoms with Crippen LogP contribution >= 0.6 is 0 Å². The van der Waals surface area contributed by atoms with E-state index in [9.17, 15) is 4.79 Å². The standard InChI is InChI=1S/C23H26N4O2/c1-27-15-6-4-7-16(27)13-14(12-15)25-22(28)18-9-5-11-20-21(18)26-23(29-20)17-8-2-3-10-19(17)24/h2-3,5,8-11,14-16H,4,6-7,12-13,24H2,1H3,(H,25,28). The van der Waals surface area contributed by atoms with E-state index in [4.69, 9.17) is 10.2 Å². The van der Waals surface area contributed by atoms with Gasteiger partial charge in [0.1, 0.15) is 5.52 Å². The van der Waals surface area contributed by atoms with E-state index in [1.165, 1.54) is 19.3 Å². The molecule has 3 N–H and O–H groups in total. The van der Waals surface area contributed by atoms with Gasteiger partial charge in [-0.3, -0.25) is 4.79 Å². The number of benzene rings is 2. The molecule has 5 rings (SSSR count). The van der Waals surface area contributed by atoms with E-state index in [1.54, 1.807) is 0 Å². The highest BCUT2D eigenvalue weighted by atomic mass is 16.3. The Morgan fingerprint density at radius 1 is 1.14 bits per heavy atom. The van der Waals surface area contributed by atoms with Gasteiger partial charge in [-0.05, 0) is 57.0 Å². The minimum Gasteiger partial charge on any atom is -0.436 e. The van der Waals surface area contributed by atoms with Crippen molar-refractivity contribution < 1.29 is 9.21 Å². The number of nitrogen functional groups attached to an aromatic ring is 1. The fourth-order valence-corrected chi connectivity index (χ4v) is 4.94. The van der Waals surface area contributed by atoms with Crippen molar-refractivity contribution in [3.8, 4) is 11.5 Å². The number of hydrogen-bond acceptors (Lipinski definition) is 5. The number of piperidine rings is 2. The molecule has 2 fully saturated rings. The first-order valence-electron chi connectivity index (χ1n) is 10.4. The molecule has 0 saturated carbocycles. The Morgan fingerprint density at radius 3 is 2.66 bits per heavy atom. The number of nitrogens with zero attached hydrogens (tertiary/aromatic N) is 2. The Kier molecular flexibility index (Phi) is 4.51. The molecule has 0 spiro atoms. The van der Waals surface area contributed by atoms with Crippen molar-refractivity contribution in [2.24, 2.45) is 0 Å². The summed E-state index contributed by atoms with van der Waals surface area (Å²) in [6.07, 6.45) is 5.77. The summed E-state index contributed by atoms with van der Waals surface area (Å²) in [5.41, 5.74) is 9.13. The third-order valence-electron chi connectivity index (χ3n) is 6.53. The molecule has 1 aromatic heterocycles. The molecule has 2 aliphatic rings. The van der Waals surface area contributed by atoms with Gasteiger partial charge in [0, 0.05) is 23.8 Å². The number of oxazole rings is 1. The predicted octanol–water partition coefficient (Wildman–Crippen LogP) is 3.82. The molecule has 0 aliphatic carbocycles. The highest BCUT2D eigenvalue weighted by Crippen LogP contribution is 2.33. The first kappa shape index (κ1) is 18.2. The largest absolute Gasteiger partial charge is 0.436 e. The van der Waals surface area contributed by atoms with Crippen molar-refractivity contribution in [3.63, 3.8) is 0 Å². The van der Waals surface area contributed by atoms with Gasteiger partial charge in [0.2, 0.25) is 5.89 Å². The lowest BCUT2D eigenvalue weighted by molar-refractivity contribution is 0.0463. The van der Waals surface area contributed by atoms with E-state index in [-0.39, 0.29) is 11.9 Å². The number of aromatic nitrogens is 1. The van der Waals surface area contributed by atoms with Gasteiger partial charge in [-0.25, -0.2) is 4.98 Å². The van der Waals surface area contributed by atoms with E-state index in [0.717, 1.165) is 18.4 Å². The fourth-order valence-electron chi connectivity index (χ4n) is 4.94. The predicted molar refractivity (Wildman–Crippen MR) is 114 cm³/mol. The molecule has 2 unspecified atom stereocenters. The summed E-state index contributed by atoms with van der Waals surface area (Å²) >= 11 is 0. The molecule has 3 aromatic rings. The molecule has 2 aromatic carbocycles. The second-order valence-corrected chi connectivity index (χ2v) is 8.30. The summed E-state index contributed by atoms with van der Waals surface area (Å²) < 4.78 is 5.91. The quantitative estimate of drug-likeness (QED) is 0.664. The number of anilines is 1. The van der Waals surface area contributed by atoms with E-state index in [0.29, 0.717) is 40.3 Å². The zero-order chi connectivity index (χ0) is 20.0. The van der Waals surface area contributed by atoms with Crippen LogP contribution in [0.1, 0.15) is 42.5 Å². The Hall–Kier alpha value is -2.86. The van der Waals surface area contributed by atoms with Gasteiger partial charge in [-0.1, -0.05) is 24.6 Å². The van der Waals surface area contributed by atoms with E-state index in [2.05, 4.69) is 22.2 Å². The Bertz CT molecular complexity index is 1050. The smallest absolute Gasteiger partial charge is 0.253 e. The van der Waals surface area contributed by atoms with Crippen LogP contribution in [-0.4, -0.2) is 41.0 Å². The molecule has 6 nitrogen and oxygen atoms in total. The number of carbonyl (C=O) groups is 1. The molecule has 2 saturated heterocycles. The minimum absolute atomic E-state index is 0.0795. The average Bonchev–Trinajstić information content (AvgIpc) is 3.13. The summed E-state index contributed by atoms with van der Waals surface area (Å²) in [4.78, 5) is 20.2. The minimum atomic E-state index is -0.0795. The second-order valence-electron chi connectivity index (χ2n) is 8.30. The number of para-hydroxylation sites is 2. The van der Waals surface area contributed by atoms with Gasteiger partial charge in [0.05, 0.1) is 11.1 Å². The summed E-state index contributed by atoms with van der Waals surface area (Å²) in [7, 11) is 2.22.